The van der Waals surface area contributed by atoms with E-state index in [0.29, 0.717) is 96.4 Å². The monoisotopic (exact) mass is 568 g/mol. The molecule has 0 fully saturated rings. The quantitative estimate of drug-likeness (QED) is 0.100. The third-order valence-electron chi connectivity index (χ3n) is 5.56. The van der Waals surface area contributed by atoms with E-state index in [1.54, 1.807) is 0 Å². The fraction of sp³-hybridized carbons (Fsp3) is 0.786. The average Bonchev–Trinajstić information content (AvgIpc) is 2.86. The van der Waals surface area contributed by atoms with Crippen molar-refractivity contribution in [2.24, 2.45) is 5.92 Å². The topological polar surface area (TPSA) is 175 Å². The third kappa shape index (κ3) is 25.1. The van der Waals surface area contributed by atoms with Crippen LogP contribution in [0.15, 0.2) is 0 Å². The van der Waals surface area contributed by atoms with E-state index in [1.165, 1.54) is 0 Å². The zero-order chi connectivity index (χ0) is 30.2. The normalized spacial score (nSPS) is 10.7. The maximum absolute atomic E-state index is 11.9. The lowest BCUT2D eigenvalue weighted by atomic mass is 10.1. The van der Waals surface area contributed by atoms with E-state index in [2.05, 4.69) is 31.9 Å². The zero-order valence-corrected chi connectivity index (χ0v) is 24.9. The van der Waals surface area contributed by atoms with Crippen molar-refractivity contribution in [3.63, 3.8) is 0 Å². The number of carbonyl (C=O) groups is 6. The van der Waals surface area contributed by atoms with Crippen molar-refractivity contribution >= 4 is 35.4 Å². The van der Waals surface area contributed by atoms with Gasteiger partial charge in [-0.15, -0.1) is 0 Å². The molecule has 230 valence electrons. The van der Waals surface area contributed by atoms with Crippen LogP contribution >= 0.6 is 0 Å². The minimum absolute atomic E-state index is 0.00277. The van der Waals surface area contributed by atoms with Crippen molar-refractivity contribution in [2.45, 2.75) is 104 Å². The first-order valence-electron chi connectivity index (χ1n) is 14.6. The molecule has 40 heavy (non-hydrogen) atoms. The second kappa shape index (κ2) is 23.7. The minimum Gasteiger partial charge on any atom is -0.356 e. The standard InChI is InChI=1S/C28H52N6O6/c1-21(2)20-28(40)33-19-8-13-26(38)31-17-6-11-24(36)29-15-5-10-23(35)30-16-7-12-25(37)32-18-9-14-27(39)34-22(3)4/h21-22H,5-20H2,1-4H3,(H,29,36)(H,30,35)(H,31,38)(H,32,37)(H,33,40)(H,34,39). The summed E-state index contributed by atoms with van der Waals surface area (Å²) in [5.74, 6) is -0.201. The Kier molecular flexibility index (Phi) is 21.8. The van der Waals surface area contributed by atoms with Crippen LogP contribution in [-0.2, 0) is 28.8 Å². The van der Waals surface area contributed by atoms with Gasteiger partial charge in [-0.1, -0.05) is 13.8 Å². The Hall–Kier alpha value is -3.18. The van der Waals surface area contributed by atoms with Crippen LogP contribution in [-0.4, -0.2) is 74.2 Å². The molecule has 12 heteroatoms. The fourth-order valence-corrected chi connectivity index (χ4v) is 3.57. The highest BCUT2D eigenvalue weighted by Gasteiger charge is 2.08. The molecule has 0 rings (SSSR count). The second-order valence-electron chi connectivity index (χ2n) is 10.6. The zero-order valence-electron chi connectivity index (χ0n) is 24.9. The molecule has 6 N–H and O–H groups in total. The van der Waals surface area contributed by atoms with Gasteiger partial charge in [-0.3, -0.25) is 28.8 Å². The summed E-state index contributed by atoms with van der Waals surface area (Å²) >= 11 is 0. The van der Waals surface area contributed by atoms with Gasteiger partial charge in [-0.2, -0.15) is 0 Å². The van der Waals surface area contributed by atoms with Crippen LogP contribution in [0.3, 0.4) is 0 Å². The Morgan fingerprint density at radius 3 is 0.975 bits per heavy atom. The molecular weight excluding hydrogens is 516 g/mol. The van der Waals surface area contributed by atoms with Gasteiger partial charge in [0, 0.05) is 77.3 Å². The molecule has 0 spiro atoms. The highest BCUT2D eigenvalue weighted by atomic mass is 16.2. The van der Waals surface area contributed by atoms with Crippen LogP contribution in [0.2, 0.25) is 0 Å². The molecular formula is C28H52N6O6. The lowest BCUT2D eigenvalue weighted by Crippen LogP contribution is -2.31. The first-order valence-corrected chi connectivity index (χ1v) is 14.6. The molecule has 0 aliphatic rings. The van der Waals surface area contributed by atoms with E-state index in [-0.39, 0.29) is 54.3 Å². The molecule has 0 aromatic rings. The van der Waals surface area contributed by atoms with Gasteiger partial charge in [0.15, 0.2) is 0 Å². The summed E-state index contributed by atoms with van der Waals surface area (Å²) in [4.78, 5) is 70.5. The minimum atomic E-state index is -0.131. The number of hydrogen-bond donors (Lipinski definition) is 6. The van der Waals surface area contributed by atoms with E-state index in [4.69, 9.17) is 0 Å². The summed E-state index contributed by atoms with van der Waals surface area (Å²) in [6.45, 7) is 9.85. The van der Waals surface area contributed by atoms with Gasteiger partial charge in [0.05, 0.1) is 0 Å². The number of amides is 6. The van der Waals surface area contributed by atoms with Crippen molar-refractivity contribution < 1.29 is 28.8 Å². The highest BCUT2D eigenvalue weighted by molar-refractivity contribution is 5.79. The van der Waals surface area contributed by atoms with Gasteiger partial charge >= 0.3 is 0 Å². The smallest absolute Gasteiger partial charge is 0.220 e. The predicted octanol–water partition coefficient (Wildman–Crippen LogP) is 1.04. The molecule has 0 aliphatic carbocycles. The van der Waals surface area contributed by atoms with Gasteiger partial charge in [0.2, 0.25) is 35.4 Å². The molecule has 0 saturated heterocycles. The molecule has 0 aromatic heterocycles. The highest BCUT2D eigenvalue weighted by Crippen LogP contribution is 1.98. The average molecular weight is 569 g/mol. The lowest BCUT2D eigenvalue weighted by molar-refractivity contribution is -0.123. The summed E-state index contributed by atoms with van der Waals surface area (Å²) in [5.41, 5.74) is 0. The Bertz CT molecular complexity index is 723. The van der Waals surface area contributed by atoms with E-state index in [1.807, 2.05) is 27.7 Å². The maximum Gasteiger partial charge on any atom is 0.220 e. The molecule has 6 amide bonds. The van der Waals surface area contributed by atoms with Gasteiger partial charge in [-0.05, 0) is 51.9 Å². The van der Waals surface area contributed by atoms with Crippen molar-refractivity contribution in [3.8, 4) is 0 Å². The van der Waals surface area contributed by atoms with E-state index >= 15 is 0 Å². The Labute approximate surface area is 239 Å². The van der Waals surface area contributed by atoms with Crippen molar-refractivity contribution in [1.29, 1.82) is 0 Å². The molecule has 0 unspecified atom stereocenters. The Balaban J connectivity index is 3.60. The third-order valence-corrected chi connectivity index (χ3v) is 5.56. The van der Waals surface area contributed by atoms with Crippen molar-refractivity contribution in [1.82, 2.24) is 31.9 Å². The van der Waals surface area contributed by atoms with Crippen LogP contribution in [0.4, 0.5) is 0 Å². The summed E-state index contributed by atoms with van der Waals surface area (Å²) in [5, 5.41) is 16.7. The van der Waals surface area contributed by atoms with Crippen LogP contribution in [0.1, 0.15) is 98.3 Å². The van der Waals surface area contributed by atoms with Gasteiger partial charge in [-0.25, -0.2) is 0 Å². The van der Waals surface area contributed by atoms with E-state index in [9.17, 15) is 28.8 Å². The van der Waals surface area contributed by atoms with Crippen LogP contribution in [0, 0.1) is 5.92 Å². The first kappa shape index (κ1) is 36.8. The number of rotatable bonds is 23. The molecule has 0 aromatic carbocycles. The molecule has 12 nitrogen and oxygen atoms in total. The van der Waals surface area contributed by atoms with Gasteiger partial charge in [0.1, 0.15) is 0 Å². The first-order chi connectivity index (χ1) is 19.0. The lowest BCUT2D eigenvalue weighted by Gasteiger charge is -2.09. The van der Waals surface area contributed by atoms with Crippen molar-refractivity contribution in [3.05, 3.63) is 0 Å². The fourth-order valence-electron chi connectivity index (χ4n) is 3.57. The largest absolute Gasteiger partial charge is 0.356 e. The Morgan fingerprint density at radius 2 is 0.700 bits per heavy atom. The molecule has 0 radical (unpaired) electrons. The summed E-state index contributed by atoms with van der Waals surface area (Å²) in [7, 11) is 0. The molecule has 0 atom stereocenters. The van der Waals surface area contributed by atoms with E-state index < -0.39 is 0 Å². The van der Waals surface area contributed by atoms with Crippen molar-refractivity contribution in [2.75, 3.05) is 32.7 Å². The predicted molar refractivity (Wildman–Crippen MR) is 154 cm³/mol. The van der Waals surface area contributed by atoms with Crippen LogP contribution in [0.5, 0.6) is 0 Å². The van der Waals surface area contributed by atoms with Crippen LogP contribution < -0.4 is 31.9 Å². The summed E-state index contributed by atoms with van der Waals surface area (Å²) in [6, 6.07) is 0.104. The molecule has 0 aliphatic heterocycles. The van der Waals surface area contributed by atoms with Gasteiger partial charge in [0.25, 0.3) is 0 Å². The SMILES string of the molecule is CC(C)CC(=O)NCCCC(=O)NCCCC(=O)NCCCC(=O)NCCCC(=O)NCCCC(=O)NC(C)C. The number of hydrogen-bond acceptors (Lipinski definition) is 6. The maximum atomic E-state index is 11.9. The summed E-state index contributed by atoms with van der Waals surface area (Å²) < 4.78 is 0. The molecule has 0 bridgehead atoms. The Morgan fingerprint density at radius 1 is 0.425 bits per heavy atom. The molecule has 0 heterocycles. The number of nitrogens with one attached hydrogen (secondary N) is 6. The van der Waals surface area contributed by atoms with Gasteiger partial charge < -0.3 is 31.9 Å². The second-order valence-corrected chi connectivity index (χ2v) is 10.6. The van der Waals surface area contributed by atoms with Crippen LogP contribution in [0.25, 0.3) is 0 Å². The number of carbonyl (C=O) groups excluding carboxylic acids is 6. The summed E-state index contributed by atoms with van der Waals surface area (Å²) in [6.07, 6.45) is 4.72. The van der Waals surface area contributed by atoms with E-state index in [0.717, 1.165) is 0 Å². The molecule has 0 saturated carbocycles.